The van der Waals surface area contributed by atoms with Crippen LogP contribution >= 0.6 is 11.3 Å². The highest BCUT2D eigenvalue weighted by Gasteiger charge is 2.30. The van der Waals surface area contributed by atoms with E-state index in [2.05, 4.69) is 4.98 Å². The van der Waals surface area contributed by atoms with Gasteiger partial charge in [0.15, 0.2) is 0 Å². The molecule has 0 amide bonds. The molecule has 9 heteroatoms. The average molecular weight is 375 g/mol. The van der Waals surface area contributed by atoms with E-state index < -0.39 is 16.7 Å². The van der Waals surface area contributed by atoms with Crippen LogP contribution in [0.2, 0.25) is 0 Å². The number of aromatic nitrogens is 1. The molecule has 0 saturated carbocycles. The molecule has 0 bridgehead atoms. The van der Waals surface area contributed by atoms with Crippen LogP contribution < -0.4 is 0 Å². The smallest absolute Gasteiger partial charge is 0.258 e. The number of hydrogen-bond acceptors (Lipinski definition) is 5. The Kier molecular flexibility index (Phi) is 4.44. The molecule has 0 aliphatic rings. The molecule has 5 nitrogen and oxygen atoms in total. The molecule has 0 radical (unpaired) electrons. The van der Waals surface area contributed by atoms with Gasteiger partial charge in [-0.15, -0.1) is 11.3 Å². The molecule has 3 aromatic rings. The summed E-state index contributed by atoms with van der Waals surface area (Å²) < 4.78 is 38.9. The Labute approximate surface area is 148 Å². The third-order valence-corrected chi connectivity index (χ3v) is 4.53. The fraction of sp³-hybridized carbons (Fsp3) is 0.0588. The molecule has 3 rings (SSSR count). The average Bonchev–Trinajstić information content (AvgIpc) is 3.02. The van der Waals surface area contributed by atoms with Gasteiger partial charge in [-0.05, 0) is 29.8 Å². The first-order valence-corrected chi connectivity index (χ1v) is 7.94. The summed E-state index contributed by atoms with van der Waals surface area (Å²) in [7, 11) is 0. The Morgan fingerprint density at radius 2 is 2.04 bits per heavy atom. The highest BCUT2D eigenvalue weighted by atomic mass is 32.1. The van der Waals surface area contributed by atoms with Crippen LogP contribution in [0, 0.1) is 21.4 Å². The van der Waals surface area contributed by atoms with E-state index >= 15 is 0 Å². The maximum absolute atomic E-state index is 12.8. The van der Waals surface area contributed by atoms with Crippen molar-refractivity contribution < 1.29 is 18.1 Å². The predicted molar refractivity (Wildman–Crippen MR) is 91.2 cm³/mol. The molecule has 130 valence electrons. The van der Waals surface area contributed by atoms with Crippen LogP contribution in [0.4, 0.5) is 18.9 Å². The van der Waals surface area contributed by atoms with Crippen molar-refractivity contribution in [2.24, 2.45) is 0 Å². The number of nitro groups is 1. The Morgan fingerprint density at radius 1 is 1.27 bits per heavy atom. The van der Waals surface area contributed by atoms with Crippen LogP contribution in [0.1, 0.15) is 16.1 Å². The largest absolute Gasteiger partial charge is 0.416 e. The lowest BCUT2D eigenvalue weighted by atomic mass is 10.1. The number of benzene rings is 2. The number of hydrogen-bond donors (Lipinski definition) is 0. The van der Waals surface area contributed by atoms with Crippen molar-refractivity contribution in [2.75, 3.05) is 0 Å². The Hall–Kier alpha value is -3.25. The van der Waals surface area contributed by atoms with Crippen LogP contribution in [0.3, 0.4) is 0 Å². The third-order valence-electron chi connectivity index (χ3n) is 3.46. The van der Waals surface area contributed by atoms with Crippen molar-refractivity contribution in [1.29, 1.82) is 5.26 Å². The Morgan fingerprint density at radius 3 is 2.69 bits per heavy atom. The number of allylic oxidation sites excluding steroid dienone is 1. The van der Waals surface area contributed by atoms with Crippen molar-refractivity contribution >= 4 is 38.9 Å². The van der Waals surface area contributed by atoms with Crippen molar-refractivity contribution in [3.05, 3.63) is 68.7 Å². The summed E-state index contributed by atoms with van der Waals surface area (Å²) in [5, 5.41) is 20.4. The van der Waals surface area contributed by atoms with E-state index in [1.807, 2.05) is 6.07 Å². The number of nitrogens with zero attached hydrogens (tertiary/aromatic N) is 3. The van der Waals surface area contributed by atoms with Gasteiger partial charge in [0.1, 0.15) is 11.1 Å². The first kappa shape index (κ1) is 17.6. The molecule has 0 saturated heterocycles. The minimum Gasteiger partial charge on any atom is -0.258 e. The highest BCUT2D eigenvalue weighted by Crippen LogP contribution is 2.34. The molecule has 0 unspecified atom stereocenters. The maximum Gasteiger partial charge on any atom is 0.416 e. The molecule has 0 atom stereocenters. The van der Waals surface area contributed by atoms with Gasteiger partial charge in [0.2, 0.25) is 0 Å². The second kappa shape index (κ2) is 6.57. The van der Waals surface area contributed by atoms with E-state index in [4.69, 9.17) is 0 Å². The van der Waals surface area contributed by atoms with Crippen LogP contribution in [-0.4, -0.2) is 9.91 Å². The van der Waals surface area contributed by atoms with Crippen molar-refractivity contribution in [1.82, 2.24) is 4.98 Å². The summed E-state index contributed by atoms with van der Waals surface area (Å²) >= 11 is 1.08. The van der Waals surface area contributed by atoms with Crippen molar-refractivity contribution in [2.45, 2.75) is 6.18 Å². The first-order valence-electron chi connectivity index (χ1n) is 7.12. The van der Waals surface area contributed by atoms with Gasteiger partial charge in [0, 0.05) is 12.1 Å². The summed E-state index contributed by atoms with van der Waals surface area (Å²) in [6.07, 6.45) is -3.07. The quantitative estimate of drug-likeness (QED) is 0.354. The zero-order chi connectivity index (χ0) is 18.9. The second-order valence-electron chi connectivity index (χ2n) is 5.22. The number of nitro benzene ring substituents is 1. The molecule has 0 fully saturated rings. The van der Waals surface area contributed by atoms with Crippen LogP contribution in [0.15, 0.2) is 42.5 Å². The number of fused-ring (bicyclic) bond motifs is 1. The van der Waals surface area contributed by atoms with E-state index in [0.717, 1.165) is 23.5 Å². The number of rotatable bonds is 3. The minimum atomic E-state index is -4.48. The standard InChI is InChI=1S/C17H8F3N3O2S/c18-17(19,20)12-4-5-15-14(8-12)22-16(26-15)11(9-21)6-10-2-1-3-13(7-10)23(24)25/h1-8H. The molecule has 0 aliphatic carbocycles. The highest BCUT2D eigenvalue weighted by molar-refractivity contribution is 7.19. The number of non-ortho nitro benzene ring substituents is 1. The monoisotopic (exact) mass is 375 g/mol. The van der Waals surface area contributed by atoms with Crippen LogP contribution in [0.25, 0.3) is 21.9 Å². The van der Waals surface area contributed by atoms with Crippen LogP contribution in [0.5, 0.6) is 0 Å². The predicted octanol–water partition coefficient (Wildman–Crippen LogP) is 5.29. The lowest BCUT2D eigenvalue weighted by Gasteiger charge is -2.04. The normalized spacial score (nSPS) is 12.2. The Bertz CT molecular complexity index is 1080. The summed E-state index contributed by atoms with van der Waals surface area (Å²) in [5.74, 6) is 0. The number of halogens is 3. The van der Waals surface area contributed by atoms with Gasteiger partial charge < -0.3 is 0 Å². The Balaban J connectivity index is 2.04. The number of alkyl halides is 3. The molecule has 2 aromatic carbocycles. The summed E-state index contributed by atoms with van der Waals surface area (Å²) in [4.78, 5) is 14.4. The zero-order valence-electron chi connectivity index (χ0n) is 12.8. The fourth-order valence-electron chi connectivity index (χ4n) is 2.26. The molecule has 0 aliphatic heterocycles. The second-order valence-corrected chi connectivity index (χ2v) is 6.25. The lowest BCUT2D eigenvalue weighted by Crippen LogP contribution is -2.03. The SMILES string of the molecule is N#CC(=Cc1cccc([N+](=O)[O-])c1)c1nc2cc(C(F)(F)F)ccc2s1. The number of thiazole rings is 1. The van der Waals surface area contributed by atoms with Crippen molar-refractivity contribution in [3.8, 4) is 6.07 Å². The minimum absolute atomic E-state index is 0.111. The molecular formula is C17H8F3N3O2S. The molecule has 26 heavy (non-hydrogen) atoms. The van der Waals surface area contributed by atoms with Gasteiger partial charge in [-0.2, -0.15) is 18.4 Å². The molecule has 0 N–H and O–H groups in total. The van der Waals surface area contributed by atoms with E-state index in [0.29, 0.717) is 10.3 Å². The van der Waals surface area contributed by atoms with Gasteiger partial charge in [0.25, 0.3) is 5.69 Å². The van der Waals surface area contributed by atoms with Gasteiger partial charge in [-0.3, -0.25) is 10.1 Å². The van der Waals surface area contributed by atoms with Gasteiger partial charge in [-0.25, -0.2) is 4.98 Å². The van der Waals surface area contributed by atoms with Gasteiger partial charge in [0.05, 0.1) is 26.3 Å². The van der Waals surface area contributed by atoms with Gasteiger partial charge in [-0.1, -0.05) is 12.1 Å². The summed E-state index contributed by atoms with van der Waals surface area (Å²) in [6, 6.07) is 10.8. The first-order chi connectivity index (χ1) is 12.3. The fourth-order valence-corrected chi connectivity index (χ4v) is 3.17. The maximum atomic E-state index is 12.8. The van der Waals surface area contributed by atoms with E-state index in [1.165, 1.54) is 30.3 Å². The van der Waals surface area contributed by atoms with Gasteiger partial charge >= 0.3 is 6.18 Å². The van der Waals surface area contributed by atoms with Crippen LogP contribution in [-0.2, 0) is 6.18 Å². The topological polar surface area (TPSA) is 79.8 Å². The lowest BCUT2D eigenvalue weighted by molar-refractivity contribution is -0.384. The number of nitriles is 1. The third kappa shape index (κ3) is 3.55. The summed E-state index contributed by atoms with van der Waals surface area (Å²) in [5.41, 5.74) is -0.274. The van der Waals surface area contributed by atoms with E-state index in [9.17, 15) is 28.5 Å². The molecule has 1 heterocycles. The summed E-state index contributed by atoms with van der Waals surface area (Å²) in [6.45, 7) is 0. The molecule has 1 aromatic heterocycles. The zero-order valence-corrected chi connectivity index (χ0v) is 13.6. The van der Waals surface area contributed by atoms with Crippen molar-refractivity contribution in [3.63, 3.8) is 0 Å². The van der Waals surface area contributed by atoms with E-state index in [1.54, 1.807) is 6.07 Å². The molecule has 0 spiro atoms. The van der Waals surface area contributed by atoms with E-state index in [-0.39, 0.29) is 21.8 Å². The molecular weight excluding hydrogens is 367 g/mol.